The molecule has 1 saturated heterocycles. The van der Waals surface area contributed by atoms with E-state index in [9.17, 15) is 9.59 Å². The second-order valence-corrected chi connectivity index (χ2v) is 4.90. The van der Waals surface area contributed by atoms with Gasteiger partial charge in [0.15, 0.2) is 0 Å². The Bertz CT molecular complexity index is 541. The van der Waals surface area contributed by atoms with E-state index in [4.69, 9.17) is 0 Å². The van der Waals surface area contributed by atoms with Gasteiger partial charge in [-0.15, -0.1) is 0 Å². The van der Waals surface area contributed by atoms with E-state index in [0.29, 0.717) is 12.8 Å². The summed E-state index contributed by atoms with van der Waals surface area (Å²) < 4.78 is 0. The molecule has 0 radical (unpaired) electrons. The van der Waals surface area contributed by atoms with Crippen molar-refractivity contribution in [3.8, 4) is 0 Å². The number of carbonyl (C=O) groups excluding carboxylic acids is 2. The molecule has 3 rings (SSSR count). The van der Waals surface area contributed by atoms with Crippen LogP contribution in [0.1, 0.15) is 17.5 Å². The zero-order valence-electron chi connectivity index (χ0n) is 10.2. The summed E-state index contributed by atoms with van der Waals surface area (Å²) in [5, 5.41) is 8.21. The highest BCUT2D eigenvalue weighted by atomic mass is 16.2. The normalized spacial score (nSPS) is 25.6. The van der Waals surface area contributed by atoms with Crippen LogP contribution in [0.25, 0.3) is 0 Å². The molecule has 1 aliphatic carbocycles. The molecule has 1 unspecified atom stereocenters. The summed E-state index contributed by atoms with van der Waals surface area (Å²) in [6, 6.07) is 5.75. The van der Waals surface area contributed by atoms with E-state index in [1.165, 1.54) is 5.56 Å². The number of carbonyl (C=O) groups is 2. The van der Waals surface area contributed by atoms with Gasteiger partial charge >= 0.3 is 6.03 Å². The van der Waals surface area contributed by atoms with E-state index in [0.717, 1.165) is 17.7 Å². The predicted octanol–water partition coefficient (Wildman–Crippen LogP) is 0.795. The van der Waals surface area contributed by atoms with Crippen LogP contribution in [0.2, 0.25) is 0 Å². The summed E-state index contributed by atoms with van der Waals surface area (Å²) in [7, 11) is 1.89. The van der Waals surface area contributed by atoms with Gasteiger partial charge in [-0.1, -0.05) is 6.07 Å². The molecular formula is C13H15N3O2. The smallest absolute Gasteiger partial charge is 0.322 e. The molecule has 1 aromatic rings. The summed E-state index contributed by atoms with van der Waals surface area (Å²) in [5.41, 5.74) is 2.73. The molecule has 5 heteroatoms. The zero-order chi connectivity index (χ0) is 12.8. The first kappa shape index (κ1) is 11.1. The monoisotopic (exact) mass is 245 g/mol. The topological polar surface area (TPSA) is 70.2 Å². The van der Waals surface area contributed by atoms with E-state index in [1.54, 1.807) is 0 Å². The van der Waals surface area contributed by atoms with Crippen LogP contribution in [-0.4, -0.2) is 24.5 Å². The second-order valence-electron chi connectivity index (χ2n) is 4.90. The average molecular weight is 245 g/mol. The summed E-state index contributed by atoms with van der Waals surface area (Å²) in [5.74, 6) is -0.198. The number of aryl methyl sites for hydroxylation is 1. The number of hydrogen-bond donors (Lipinski definition) is 3. The van der Waals surface area contributed by atoms with Crippen LogP contribution < -0.4 is 16.0 Å². The zero-order valence-corrected chi connectivity index (χ0v) is 10.2. The fourth-order valence-corrected chi connectivity index (χ4v) is 2.78. The minimum atomic E-state index is -0.731. The number of benzene rings is 1. The summed E-state index contributed by atoms with van der Waals surface area (Å²) >= 11 is 0. The number of amides is 3. The van der Waals surface area contributed by atoms with Crippen LogP contribution in [0.15, 0.2) is 18.2 Å². The van der Waals surface area contributed by atoms with E-state index in [1.807, 2.05) is 19.2 Å². The van der Waals surface area contributed by atoms with Crippen molar-refractivity contribution in [3.63, 3.8) is 0 Å². The highest BCUT2D eigenvalue weighted by molar-refractivity contribution is 6.07. The molecule has 5 nitrogen and oxygen atoms in total. The van der Waals surface area contributed by atoms with Crippen LogP contribution in [0, 0.1) is 0 Å². The molecule has 18 heavy (non-hydrogen) atoms. The molecule has 0 saturated carbocycles. The van der Waals surface area contributed by atoms with Crippen molar-refractivity contribution in [2.24, 2.45) is 0 Å². The lowest BCUT2D eigenvalue weighted by Gasteiger charge is -2.32. The standard InChI is InChI=1S/C13H15N3O2/c1-14-10-3-2-9-7-13(5-4-8(9)6-10)11(17)15-12(18)16-13/h2-3,6,14H,4-5,7H2,1H3,(H2,15,16,17,18). The fraction of sp³-hybridized carbons (Fsp3) is 0.385. The van der Waals surface area contributed by atoms with Gasteiger partial charge in [-0.3, -0.25) is 10.1 Å². The van der Waals surface area contributed by atoms with E-state index < -0.39 is 5.54 Å². The van der Waals surface area contributed by atoms with Crippen LogP contribution in [-0.2, 0) is 17.6 Å². The third kappa shape index (κ3) is 1.54. The summed E-state index contributed by atoms with van der Waals surface area (Å²) in [6.45, 7) is 0. The largest absolute Gasteiger partial charge is 0.388 e. The molecule has 1 atom stereocenters. The second kappa shape index (κ2) is 3.73. The lowest BCUT2D eigenvalue weighted by Crippen LogP contribution is -2.51. The van der Waals surface area contributed by atoms with Gasteiger partial charge in [0.05, 0.1) is 0 Å². The maximum atomic E-state index is 11.9. The Hall–Kier alpha value is -2.04. The quantitative estimate of drug-likeness (QED) is 0.641. The first-order chi connectivity index (χ1) is 8.63. The Morgan fingerprint density at radius 3 is 2.78 bits per heavy atom. The molecule has 1 fully saturated rings. The van der Waals surface area contributed by atoms with Crippen molar-refractivity contribution in [2.45, 2.75) is 24.8 Å². The Labute approximate surface area is 105 Å². The molecule has 0 bridgehead atoms. The Morgan fingerprint density at radius 1 is 1.28 bits per heavy atom. The maximum absolute atomic E-state index is 11.9. The minimum absolute atomic E-state index is 0.198. The van der Waals surface area contributed by atoms with Gasteiger partial charge in [-0.05, 0) is 36.1 Å². The van der Waals surface area contributed by atoms with Gasteiger partial charge in [0, 0.05) is 19.2 Å². The molecule has 3 N–H and O–H groups in total. The number of nitrogens with one attached hydrogen (secondary N) is 3. The van der Waals surface area contributed by atoms with Gasteiger partial charge in [-0.25, -0.2) is 4.79 Å². The van der Waals surface area contributed by atoms with Crippen molar-refractivity contribution >= 4 is 17.6 Å². The van der Waals surface area contributed by atoms with Crippen LogP contribution >= 0.6 is 0 Å². The first-order valence-electron chi connectivity index (χ1n) is 6.06. The first-order valence-corrected chi connectivity index (χ1v) is 6.06. The van der Waals surface area contributed by atoms with E-state index in [2.05, 4.69) is 22.0 Å². The van der Waals surface area contributed by atoms with Crippen molar-refractivity contribution in [1.29, 1.82) is 0 Å². The average Bonchev–Trinajstić information content (AvgIpc) is 2.63. The summed E-state index contributed by atoms with van der Waals surface area (Å²) in [4.78, 5) is 23.2. The number of rotatable bonds is 1. The van der Waals surface area contributed by atoms with E-state index >= 15 is 0 Å². The lowest BCUT2D eigenvalue weighted by molar-refractivity contribution is -0.124. The van der Waals surface area contributed by atoms with Gasteiger partial charge in [0.2, 0.25) is 0 Å². The van der Waals surface area contributed by atoms with Crippen LogP contribution in [0.4, 0.5) is 10.5 Å². The lowest BCUT2D eigenvalue weighted by atomic mass is 9.78. The van der Waals surface area contributed by atoms with Gasteiger partial charge < -0.3 is 10.6 Å². The molecule has 1 spiro atoms. The molecule has 1 heterocycles. The SMILES string of the molecule is CNc1ccc2c(c1)CCC1(C2)NC(=O)NC1=O. The number of anilines is 1. The molecular weight excluding hydrogens is 230 g/mol. The van der Waals surface area contributed by atoms with Crippen LogP contribution in [0.3, 0.4) is 0 Å². The predicted molar refractivity (Wildman–Crippen MR) is 67.4 cm³/mol. The number of urea groups is 1. The molecule has 94 valence electrons. The number of fused-ring (bicyclic) bond motifs is 1. The van der Waals surface area contributed by atoms with Gasteiger partial charge in [0.25, 0.3) is 5.91 Å². The van der Waals surface area contributed by atoms with Gasteiger partial charge in [-0.2, -0.15) is 0 Å². The van der Waals surface area contributed by atoms with Gasteiger partial charge in [0.1, 0.15) is 5.54 Å². The highest BCUT2D eigenvalue weighted by Crippen LogP contribution is 2.32. The van der Waals surface area contributed by atoms with Crippen LogP contribution in [0.5, 0.6) is 0 Å². The molecule has 0 aromatic heterocycles. The minimum Gasteiger partial charge on any atom is -0.388 e. The Morgan fingerprint density at radius 2 is 2.11 bits per heavy atom. The van der Waals surface area contributed by atoms with Crippen molar-refractivity contribution < 1.29 is 9.59 Å². The number of imide groups is 1. The van der Waals surface area contributed by atoms with Crippen molar-refractivity contribution in [3.05, 3.63) is 29.3 Å². The molecule has 1 aliphatic heterocycles. The maximum Gasteiger partial charge on any atom is 0.322 e. The highest BCUT2D eigenvalue weighted by Gasteiger charge is 2.47. The van der Waals surface area contributed by atoms with Crippen molar-refractivity contribution in [2.75, 3.05) is 12.4 Å². The van der Waals surface area contributed by atoms with Crippen molar-refractivity contribution in [1.82, 2.24) is 10.6 Å². The number of hydrogen-bond acceptors (Lipinski definition) is 3. The fourth-order valence-electron chi connectivity index (χ4n) is 2.78. The summed E-state index contributed by atoms with van der Waals surface area (Å²) in [6.07, 6.45) is 2.03. The Kier molecular flexibility index (Phi) is 2.29. The molecule has 3 amide bonds. The molecule has 2 aliphatic rings. The third-order valence-corrected chi connectivity index (χ3v) is 3.82. The Balaban J connectivity index is 1.94. The van der Waals surface area contributed by atoms with E-state index in [-0.39, 0.29) is 11.9 Å². The molecule has 1 aromatic carbocycles. The third-order valence-electron chi connectivity index (χ3n) is 3.82.